The molecule has 1 aromatic rings. The Morgan fingerprint density at radius 1 is 1.47 bits per heavy atom. The molecule has 0 aliphatic heterocycles. The largest absolute Gasteiger partial charge is 0.352 e. The zero-order valence-corrected chi connectivity index (χ0v) is 9.58. The molecule has 0 spiro atoms. The van der Waals surface area contributed by atoms with Crippen molar-refractivity contribution in [2.45, 2.75) is 30.6 Å². The highest BCUT2D eigenvalue weighted by atomic mass is 32.1. The molecule has 0 bridgehead atoms. The number of amides is 1. The highest BCUT2D eigenvalue weighted by molar-refractivity contribution is 7.81. The Balaban J connectivity index is 1.89. The van der Waals surface area contributed by atoms with Crippen molar-refractivity contribution in [3.63, 3.8) is 0 Å². The summed E-state index contributed by atoms with van der Waals surface area (Å²) in [5.74, 6) is 0.531. The molecule has 0 heterocycles. The highest BCUT2D eigenvalue weighted by Crippen LogP contribution is 2.40. The molecular weight excluding hydrogens is 206 g/mol. The molecule has 1 aliphatic rings. The molecule has 1 amide bonds. The first-order chi connectivity index (χ1) is 7.18. The monoisotopic (exact) mass is 221 g/mol. The lowest BCUT2D eigenvalue weighted by Gasteiger charge is -2.06. The van der Waals surface area contributed by atoms with Crippen molar-refractivity contribution in [1.82, 2.24) is 5.32 Å². The first kappa shape index (κ1) is 10.6. The number of nitrogens with one attached hydrogen (secondary N) is 1. The van der Waals surface area contributed by atoms with Crippen LogP contribution in [0.4, 0.5) is 0 Å². The quantitative estimate of drug-likeness (QED) is 0.751. The number of benzene rings is 1. The second-order valence-corrected chi connectivity index (χ2v) is 4.82. The third-order valence-corrected chi connectivity index (χ3v) is 2.96. The predicted octanol–water partition coefficient (Wildman–Crippen LogP) is 1.98. The molecule has 2 rings (SSSR count). The third-order valence-electron chi connectivity index (χ3n) is 2.73. The Morgan fingerprint density at radius 2 is 2.13 bits per heavy atom. The number of thiol groups is 1. The molecule has 15 heavy (non-hydrogen) atoms. The Hall–Kier alpha value is -0.960. The van der Waals surface area contributed by atoms with Gasteiger partial charge in [-0.1, -0.05) is 30.3 Å². The van der Waals surface area contributed by atoms with E-state index in [-0.39, 0.29) is 11.2 Å². The van der Waals surface area contributed by atoms with Gasteiger partial charge in [-0.3, -0.25) is 4.79 Å². The number of hydrogen-bond donors (Lipinski definition) is 2. The molecule has 3 heteroatoms. The van der Waals surface area contributed by atoms with Crippen LogP contribution in [0.15, 0.2) is 30.3 Å². The maximum absolute atomic E-state index is 11.4. The van der Waals surface area contributed by atoms with E-state index < -0.39 is 0 Å². The third kappa shape index (κ3) is 2.53. The fourth-order valence-corrected chi connectivity index (χ4v) is 1.80. The molecule has 0 saturated heterocycles. The van der Waals surface area contributed by atoms with E-state index in [1.54, 1.807) is 6.92 Å². The first-order valence-electron chi connectivity index (χ1n) is 5.22. The molecule has 3 unspecified atom stereocenters. The maximum atomic E-state index is 11.4. The van der Waals surface area contributed by atoms with Gasteiger partial charge < -0.3 is 5.32 Å². The van der Waals surface area contributed by atoms with Gasteiger partial charge in [0.15, 0.2) is 0 Å². The van der Waals surface area contributed by atoms with Crippen molar-refractivity contribution in [2.24, 2.45) is 0 Å². The lowest BCUT2D eigenvalue weighted by atomic mass is 10.1. The Labute approximate surface area is 95.5 Å². The average Bonchev–Trinajstić information content (AvgIpc) is 2.98. The summed E-state index contributed by atoms with van der Waals surface area (Å²) < 4.78 is 0. The Kier molecular flexibility index (Phi) is 3.00. The molecule has 0 radical (unpaired) electrons. The van der Waals surface area contributed by atoms with Gasteiger partial charge in [0.2, 0.25) is 5.91 Å². The second-order valence-electron chi connectivity index (χ2n) is 4.04. The summed E-state index contributed by atoms with van der Waals surface area (Å²) in [6, 6.07) is 10.6. The maximum Gasteiger partial charge on any atom is 0.232 e. The fraction of sp³-hybridized carbons (Fsp3) is 0.417. The summed E-state index contributed by atoms with van der Waals surface area (Å²) in [4.78, 5) is 11.4. The van der Waals surface area contributed by atoms with Gasteiger partial charge in [0.1, 0.15) is 0 Å². The number of rotatable bonds is 3. The van der Waals surface area contributed by atoms with Gasteiger partial charge in [-0.15, -0.1) is 0 Å². The van der Waals surface area contributed by atoms with Crippen LogP contribution in [0.5, 0.6) is 0 Å². The van der Waals surface area contributed by atoms with E-state index in [1.165, 1.54) is 5.56 Å². The van der Waals surface area contributed by atoms with E-state index in [0.29, 0.717) is 12.0 Å². The highest BCUT2D eigenvalue weighted by Gasteiger charge is 2.39. The smallest absolute Gasteiger partial charge is 0.232 e. The van der Waals surface area contributed by atoms with Gasteiger partial charge in [0.05, 0.1) is 5.25 Å². The van der Waals surface area contributed by atoms with Gasteiger partial charge in [0.25, 0.3) is 0 Å². The molecule has 1 fully saturated rings. The second kappa shape index (κ2) is 4.27. The zero-order valence-electron chi connectivity index (χ0n) is 8.68. The number of hydrogen-bond acceptors (Lipinski definition) is 2. The lowest BCUT2D eigenvalue weighted by Crippen LogP contribution is -2.32. The molecule has 80 valence electrons. The lowest BCUT2D eigenvalue weighted by molar-refractivity contribution is -0.120. The molecule has 1 saturated carbocycles. The van der Waals surface area contributed by atoms with Crippen LogP contribution in [-0.2, 0) is 4.79 Å². The SMILES string of the molecule is CC(S)C(=O)NC1CC1c1ccccc1. The normalized spacial score (nSPS) is 25.7. The van der Waals surface area contributed by atoms with E-state index in [2.05, 4.69) is 30.1 Å². The van der Waals surface area contributed by atoms with Crippen LogP contribution in [-0.4, -0.2) is 17.2 Å². The minimum Gasteiger partial charge on any atom is -0.352 e. The molecule has 1 N–H and O–H groups in total. The van der Waals surface area contributed by atoms with Crippen molar-refractivity contribution in [2.75, 3.05) is 0 Å². The van der Waals surface area contributed by atoms with Crippen LogP contribution in [0.3, 0.4) is 0 Å². The van der Waals surface area contributed by atoms with Crippen LogP contribution < -0.4 is 5.32 Å². The summed E-state index contributed by atoms with van der Waals surface area (Å²) in [7, 11) is 0. The van der Waals surface area contributed by atoms with Gasteiger partial charge >= 0.3 is 0 Å². The Morgan fingerprint density at radius 3 is 2.73 bits per heavy atom. The minimum absolute atomic E-state index is 0.0294. The van der Waals surface area contributed by atoms with Crippen molar-refractivity contribution in [3.8, 4) is 0 Å². The van der Waals surface area contributed by atoms with Crippen molar-refractivity contribution in [1.29, 1.82) is 0 Å². The first-order valence-corrected chi connectivity index (χ1v) is 5.73. The van der Waals surface area contributed by atoms with Crippen LogP contribution in [0.1, 0.15) is 24.8 Å². The van der Waals surface area contributed by atoms with Crippen molar-refractivity contribution in [3.05, 3.63) is 35.9 Å². The van der Waals surface area contributed by atoms with E-state index in [1.807, 2.05) is 18.2 Å². The van der Waals surface area contributed by atoms with Gasteiger partial charge in [0, 0.05) is 12.0 Å². The van der Waals surface area contributed by atoms with Gasteiger partial charge in [-0.25, -0.2) is 0 Å². The molecule has 0 aromatic heterocycles. The number of carbonyl (C=O) groups is 1. The van der Waals surface area contributed by atoms with E-state index in [4.69, 9.17) is 0 Å². The van der Waals surface area contributed by atoms with Gasteiger partial charge in [-0.05, 0) is 18.9 Å². The van der Waals surface area contributed by atoms with Gasteiger partial charge in [-0.2, -0.15) is 12.6 Å². The molecule has 3 atom stereocenters. The van der Waals surface area contributed by atoms with E-state index in [0.717, 1.165) is 6.42 Å². The molecule has 2 nitrogen and oxygen atoms in total. The van der Waals surface area contributed by atoms with Crippen molar-refractivity contribution >= 4 is 18.5 Å². The minimum atomic E-state index is -0.220. The van der Waals surface area contributed by atoms with Crippen molar-refractivity contribution < 1.29 is 4.79 Å². The molecule has 1 aliphatic carbocycles. The summed E-state index contributed by atoms with van der Waals surface area (Å²) >= 11 is 4.10. The molecule has 1 aromatic carbocycles. The summed E-state index contributed by atoms with van der Waals surface area (Å²) in [5, 5.41) is 2.77. The number of carbonyl (C=O) groups excluding carboxylic acids is 1. The zero-order chi connectivity index (χ0) is 10.8. The predicted molar refractivity (Wildman–Crippen MR) is 64.2 cm³/mol. The summed E-state index contributed by atoms with van der Waals surface area (Å²) in [5.41, 5.74) is 1.31. The Bertz CT molecular complexity index is 350. The van der Waals surface area contributed by atoms with Crippen LogP contribution in [0.25, 0.3) is 0 Å². The van der Waals surface area contributed by atoms with E-state index in [9.17, 15) is 4.79 Å². The van der Waals surface area contributed by atoms with Crippen LogP contribution >= 0.6 is 12.6 Å². The van der Waals surface area contributed by atoms with Crippen LogP contribution in [0.2, 0.25) is 0 Å². The summed E-state index contributed by atoms with van der Waals surface area (Å²) in [6.45, 7) is 1.79. The standard InChI is InChI=1S/C12H15NOS/c1-8(15)12(14)13-11-7-10(11)9-5-3-2-4-6-9/h2-6,8,10-11,15H,7H2,1H3,(H,13,14). The topological polar surface area (TPSA) is 29.1 Å². The average molecular weight is 221 g/mol. The van der Waals surface area contributed by atoms with Crippen LogP contribution in [0, 0.1) is 0 Å². The molecular formula is C12H15NOS. The fourth-order valence-electron chi connectivity index (χ4n) is 1.73. The van der Waals surface area contributed by atoms with E-state index >= 15 is 0 Å². The summed E-state index contributed by atoms with van der Waals surface area (Å²) in [6.07, 6.45) is 1.05.